The molecule has 0 aliphatic carbocycles. The molecule has 0 amide bonds. The third-order valence-electron chi connectivity index (χ3n) is 23.6. The van der Waals surface area contributed by atoms with Crippen LogP contribution >= 0.6 is 0 Å². The number of fused-ring (bicyclic) bond motifs is 4. The number of aryl methyl sites for hydroxylation is 7. The molecule has 24 rings (SSSR count). The van der Waals surface area contributed by atoms with Crippen LogP contribution in [0.4, 0.5) is 0 Å². The minimum atomic E-state index is -2.09. The summed E-state index contributed by atoms with van der Waals surface area (Å²) in [5.74, 6) is 0. The van der Waals surface area contributed by atoms with E-state index in [1.165, 1.54) is 128 Å². The molecule has 8 nitrogen and oxygen atoms in total. The van der Waals surface area contributed by atoms with Gasteiger partial charge in [0.1, 0.15) is 0 Å². The summed E-state index contributed by atoms with van der Waals surface area (Å²) in [6.45, 7) is 6.36. The molecule has 12 heteroatoms. The molecule has 0 atom stereocenters. The van der Waals surface area contributed by atoms with Crippen LogP contribution in [0.2, 0.25) is 0 Å². The zero-order chi connectivity index (χ0) is 103. The summed E-state index contributed by atoms with van der Waals surface area (Å²) in [4.78, 5) is 35.4. The van der Waals surface area contributed by atoms with Crippen molar-refractivity contribution < 1.29 is 88.6 Å². The van der Waals surface area contributed by atoms with Crippen molar-refractivity contribution in [1.29, 1.82) is 0 Å². The Hall–Kier alpha value is -15.6. The first kappa shape index (κ1) is 100. The quantitative estimate of drug-likeness (QED) is 0.111. The van der Waals surface area contributed by atoms with Gasteiger partial charge in [0.25, 0.3) is 0 Å². The predicted octanol–water partition coefficient (Wildman–Crippen LogP) is 33.8. The summed E-state index contributed by atoms with van der Waals surface area (Å²) in [6, 6.07) is 174. The van der Waals surface area contributed by atoms with Crippen LogP contribution in [0.1, 0.15) is 47.3 Å². The van der Waals surface area contributed by atoms with Crippen molar-refractivity contribution in [2.45, 2.75) is 48.3 Å². The molecule has 0 aliphatic heterocycles. The van der Waals surface area contributed by atoms with E-state index in [1.54, 1.807) is 36.5 Å². The van der Waals surface area contributed by atoms with Crippen LogP contribution in [0.25, 0.3) is 178 Å². The second-order valence-corrected chi connectivity index (χ2v) is 33.7. The molecule has 726 valence electrons. The zero-order valence-corrected chi connectivity index (χ0v) is 90.8. The maximum absolute atomic E-state index is 7.33. The van der Waals surface area contributed by atoms with E-state index in [0.717, 1.165) is 90.1 Å². The van der Waals surface area contributed by atoms with Gasteiger partial charge in [-0.25, -0.2) is 0 Å². The monoisotopic (exact) mass is 2610 g/mol. The number of aromatic nitrogens is 8. The van der Waals surface area contributed by atoms with Crippen LogP contribution in [-0.4, -0.2) is 39.9 Å². The molecule has 0 saturated carbocycles. The van der Waals surface area contributed by atoms with Crippen LogP contribution < -0.4 is 0 Å². The van der Waals surface area contributed by atoms with E-state index >= 15 is 0 Å². The largest absolute Gasteiger partial charge is 0.305 e. The van der Waals surface area contributed by atoms with Crippen LogP contribution in [0.15, 0.2) is 492 Å². The smallest absolute Gasteiger partial charge is 0.0280 e. The normalized spacial score (nSPS) is 11.0. The standard InChI is InChI=1S/4C22H16N.3C12H10N.C11H8N.4Ir/c4*1-16-13-22(18-8-3-2-4-9-18)23-15-21(16)20-12-11-17-7-5-6-10-19(17)14-20;1-10-6-5-9-12(13-10)11-7-3-2-4-8-11;1-10-7-8-13-12(9-10)11-5-3-2-4-6-11;1-10-7-8-12(13-9-10)11-5-3-2-4-6-11;1-2-6-10(7-3-1)11-8-4-5-9-12-11;;;;/h4*2-8,10-15H,1H3;2-7,9H,1H3;2*2-5,7-9H,1H3;1-6,8-9H;;;;/q8*-1;;;;/i;;;;;2*1D3;;;;;. The van der Waals surface area contributed by atoms with Gasteiger partial charge in [-0.15, -0.1) is 287 Å². The fraction of sp³-hybridized carbons (Fsp3) is 0.0519. The van der Waals surface area contributed by atoms with E-state index in [4.69, 9.17) is 8.22 Å². The fourth-order valence-corrected chi connectivity index (χ4v) is 16.2. The van der Waals surface area contributed by atoms with Gasteiger partial charge in [0.2, 0.25) is 0 Å². The summed E-state index contributed by atoms with van der Waals surface area (Å²) in [6.07, 6.45) is 12.6. The summed E-state index contributed by atoms with van der Waals surface area (Å²) in [5, 5.41) is 10.1. The molecule has 16 aromatic carbocycles. The Morgan fingerprint density at radius 1 is 0.184 bits per heavy atom. The Labute approximate surface area is 926 Å². The Bertz CT molecular complexity index is 7820. The van der Waals surface area contributed by atoms with Crippen molar-refractivity contribution in [2.75, 3.05) is 0 Å². The number of nitrogens with zero attached hydrogens (tertiary/aromatic N) is 8. The molecule has 0 aliphatic rings. The van der Waals surface area contributed by atoms with Gasteiger partial charge >= 0.3 is 0 Å². The first-order valence-corrected chi connectivity index (χ1v) is 47.1. The van der Waals surface area contributed by atoms with Crippen molar-refractivity contribution in [1.82, 2.24) is 39.9 Å². The van der Waals surface area contributed by atoms with Crippen LogP contribution in [0.5, 0.6) is 0 Å². The maximum Gasteiger partial charge on any atom is 0.0280 e. The molecular weight excluding hydrogens is 2500 g/mol. The molecule has 24 aromatic rings. The molecular formula is C135H102Ir4N8-8. The van der Waals surface area contributed by atoms with Crippen molar-refractivity contribution >= 4 is 43.1 Å². The summed E-state index contributed by atoms with van der Waals surface area (Å²) >= 11 is 0. The average Bonchev–Trinajstić information content (AvgIpc) is 0.805. The molecule has 0 bridgehead atoms. The topological polar surface area (TPSA) is 103 Å². The first-order valence-electron chi connectivity index (χ1n) is 50.1. The van der Waals surface area contributed by atoms with E-state index in [9.17, 15) is 0 Å². The second kappa shape index (κ2) is 55.4. The summed E-state index contributed by atoms with van der Waals surface area (Å²) < 4.78 is 43.7. The van der Waals surface area contributed by atoms with Crippen LogP contribution in [0, 0.1) is 96.9 Å². The molecule has 4 radical (unpaired) electrons. The number of pyridine rings is 8. The van der Waals surface area contributed by atoms with Crippen molar-refractivity contribution in [3.05, 3.63) is 580 Å². The van der Waals surface area contributed by atoms with Gasteiger partial charge in [-0.05, 0) is 229 Å². The molecule has 0 saturated heterocycles. The van der Waals surface area contributed by atoms with E-state index in [2.05, 4.69) is 310 Å². The van der Waals surface area contributed by atoms with Crippen LogP contribution in [0.3, 0.4) is 0 Å². The van der Waals surface area contributed by atoms with Gasteiger partial charge in [-0.1, -0.05) is 218 Å². The molecule has 8 aromatic heterocycles. The predicted molar refractivity (Wildman–Crippen MR) is 593 cm³/mol. The summed E-state index contributed by atoms with van der Waals surface area (Å²) in [5.41, 5.74) is 31.1. The van der Waals surface area contributed by atoms with Gasteiger partial charge in [-0.3, -0.25) is 0 Å². The Balaban J connectivity index is 0.000000146. The second-order valence-electron chi connectivity index (χ2n) is 33.7. The molecule has 8 heterocycles. The summed E-state index contributed by atoms with van der Waals surface area (Å²) in [7, 11) is 0. The van der Waals surface area contributed by atoms with Crippen LogP contribution in [-0.2, 0) is 80.4 Å². The average molecular weight is 2610 g/mol. The van der Waals surface area contributed by atoms with Gasteiger partial charge < -0.3 is 39.9 Å². The van der Waals surface area contributed by atoms with Crippen molar-refractivity contribution in [3.63, 3.8) is 0 Å². The van der Waals surface area contributed by atoms with Crippen molar-refractivity contribution in [2.24, 2.45) is 0 Å². The molecule has 0 N–H and O–H groups in total. The zero-order valence-electron chi connectivity index (χ0n) is 87.2. The minimum Gasteiger partial charge on any atom is -0.305 e. The first-order chi connectivity index (χ1) is 72.7. The number of hydrogen-bond donors (Lipinski definition) is 0. The molecule has 0 unspecified atom stereocenters. The van der Waals surface area contributed by atoms with E-state index in [1.807, 2.05) is 250 Å². The van der Waals surface area contributed by atoms with Gasteiger partial charge in [0.05, 0.1) is 0 Å². The number of hydrogen-bond acceptors (Lipinski definition) is 8. The van der Waals surface area contributed by atoms with E-state index in [-0.39, 0.29) is 86.0 Å². The Morgan fingerprint density at radius 2 is 0.442 bits per heavy atom. The number of benzene rings is 16. The SMILES string of the molecule is Cc1cc(-c2[c-]cccc2)ncc1-c1ccc2ccccc2c1.Cc1cc(-c2[c-]cccc2)ncc1-c1ccc2ccccc2c1.Cc1cc(-c2[c-]cccc2)ncc1-c1ccc2ccccc2c1.Cc1cc(-c2[c-]cccc2)ncc1-c1ccc2ccccc2c1.Cc1cccc(-c2[c-]cccc2)n1.[2H]C([2H])([2H])c1ccc(-c2[c-]cccc2)nc1.[2H]C([2H])([2H])c1ccnc(-c2[c-]cccc2)c1.[Ir].[Ir].[Ir].[Ir].[c-]1ccccc1-c1ccccn1. The van der Waals surface area contributed by atoms with Gasteiger partial charge in [0.15, 0.2) is 0 Å². The molecule has 147 heavy (non-hydrogen) atoms. The van der Waals surface area contributed by atoms with E-state index < -0.39 is 13.7 Å². The van der Waals surface area contributed by atoms with Gasteiger partial charge in [0, 0.05) is 160 Å². The van der Waals surface area contributed by atoms with E-state index in [0.29, 0.717) is 11.3 Å². The Morgan fingerprint density at radius 3 is 0.707 bits per heavy atom. The third-order valence-corrected chi connectivity index (χ3v) is 23.6. The Kier molecular flexibility index (Phi) is 37.7. The molecule has 0 spiro atoms. The maximum atomic E-state index is 7.33. The molecule has 0 fully saturated rings. The minimum absolute atomic E-state index is 0. The van der Waals surface area contributed by atoms with Gasteiger partial charge in [-0.2, -0.15) is 0 Å². The number of rotatable bonds is 12. The fourth-order valence-electron chi connectivity index (χ4n) is 16.2. The third kappa shape index (κ3) is 30.3. The van der Waals surface area contributed by atoms with Crippen molar-refractivity contribution in [3.8, 4) is 135 Å².